The third-order valence-corrected chi connectivity index (χ3v) is 9.57. The van der Waals surface area contributed by atoms with Gasteiger partial charge in [0.1, 0.15) is 11.5 Å². The molecule has 6 nitrogen and oxygen atoms in total. The average Bonchev–Trinajstić information content (AvgIpc) is 3.30. The molecule has 1 unspecified atom stereocenters. The first kappa shape index (κ1) is 23.6. The van der Waals surface area contributed by atoms with E-state index in [9.17, 15) is 4.79 Å². The first-order valence-electron chi connectivity index (χ1n) is 13.5. The third kappa shape index (κ3) is 3.19. The molecule has 0 amide bonds. The number of nitrogens with zero attached hydrogens (tertiary/aromatic N) is 1. The highest BCUT2D eigenvalue weighted by Crippen LogP contribution is 2.63. The molecule has 38 heavy (non-hydrogen) atoms. The Morgan fingerprint density at radius 2 is 1.89 bits per heavy atom. The number of benzene rings is 3. The maximum Gasteiger partial charge on any atom is 0.318 e. The summed E-state index contributed by atoms with van der Waals surface area (Å²) in [5.74, 6) is 2.81. The van der Waals surface area contributed by atoms with Gasteiger partial charge in [0.05, 0.1) is 20.1 Å². The van der Waals surface area contributed by atoms with Gasteiger partial charge in [0, 0.05) is 17.0 Å². The second-order valence-corrected chi connectivity index (χ2v) is 11.2. The summed E-state index contributed by atoms with van der Waals surface area (Å²) in [6.07, 6.45) is 4.66. The monoisotopic (exact) mass is 511 g/mol. The fourth-order valence-corrected chi connectivity index (χ4v) is 7.54. The highest BCUT2D eigenvalue weighted by molar-refractivity contribution is 5.87. The van der Waals surface area contributed by atoms with Crippen LogP contribution in [-0.4, -0.2) is 50.8 Å². The molecular weight excluding hydrogens is 478 g/mol. The summed E-state index contributed by atoms with van der Waals surface area (Å²) >= 11 is 0. The van der Waals surface area contributed by atoms with Crippen LogP contribution in [0.2, 0.25) is 0 Å². The van der Waals surface area contributed by atoms with E-state index in [-0.39, 0.29) is 17.5 Å². The van der Waals surface area contributed by atoms with Crippen molar-refractivity contribution in [3.63, 3.8) is 0 Å². The molecule has 2 aliphatic heterocycles. The number of carbonyl (C=O) groups excluding carboxylic acids is 1. The minimum atomic E-state index is -0.414. The summed E-state index contributed by atoms with van der Waals surface area (Å²) in [6, 6.07) is 16.7. The van der Waals surface area contributed by atoms with Crippen LogP contribution < -0.4 is 14.2 Å². The van der Waals surface area contributed by atoms with Gasteiger partial charge >= 0.3 is 5.97 Å². The van der Waals surface area contributed by atoms with Gasteiger partial charge in [0.15, 0.2) is 17.6 Å². The number of hydrogen-bond donors (Lipinski definition) is 0. The van der Waals surface area contributed by atoms with Crippen LogP contribution in [-0.2, 0) is 21.4 Å². The van der Waals surface area contributed by atoms with Gasteiger partial charge in [-0.3, -0.25) is 4.79 Å². The number of ether oxygens (including phenoxy) is 4. The SMILES string of the molecule is COc1ccc2cc(C(C)C(=O)OC3=CC[C@H]4[C@H]5Cc6ccc(OC)c7c6[C@@]4(CCN5C)[C@H]3O7)ccc2c1. The Morgan fingerprint density at radius 3 is 2.71 bits per heavy atom. The lowest BCUT2D eigenvalue weighted by Gasteiger charge is -2.56. The molecule has 0 N–H and O–H groups in total. The zero-order valence-electron chi connectivity index (χ0n) is 22.3. The van der Waals surface area contributed by atoms with Gasteiger partial charge in [0.2, 0.25) is 0 Å². The van der Waals surface area contributed by atoms with Crippen molar-refractivity contribution in [2.45, 2.75) is 49.7 Å². The molecule has 6 heteroatoms. The quantitative estimate of drug-likeness (QED) is 0.430. The molecule has 3 aromatic carbocycles. The molecule has 4 aliphatic rings. The fourth-order valence-electron chi connectivity index (χ4n) is 7.54. The van der Waals surface area contributed by atoms with Crippen molar-refractivity contribution < 1.29 is 23.7 Å². The van der Waals surface area contributed by atoms with Crippen LogP contribution in [0, 0.1) is 5.92 Å². The van der Waals surface area contributed by atoms with Crippen molar-refractivity contribution >= 4 is 16.7 Å². The van der Waals surface area contributed by atoms with Crippen molar-refractivity contribution in [1.82, 2.24) is 4.90 Å². The maximum absolute atomic E-state index is 13.5. The summed E-state index contributed by atoms with van der Waals surface area (Å²) in [6.45, 7) is 2.91. The predicted octanol–water partition coefficient (Wildman–Crippen LogP) is 5.37. The lowest BCUT2D eigenvalue weighted by Crippen LogP contribution is -2.63. The van der Waals surface area contributed by atoms with Crippen LogP contribution in [0.3, 0.4) is 0 Å². The molecule has 1 spiro atoms. The topological polar surface area (TPSA) is 57.2 Å². The molecule has 1 saturated heterocycles. The van der Waals surface area contributed by atoms with Gasteiger partial charge in [-0.15, -0.1) is 0 Å². The van der Waals surface area contributed by atoms with Crippen LogP contribution in [0.4, 0.5) is 0 Å². The molecular formula is C32H33NO5. The Hall–Kier alpha value is -3.51. The number of piperidine rings is 1. The maximum atomic E-state index is 13.5. The van der Waals surface area contributed by atoms with Crippen molar-refractivity contribution in [1.29, 1.82) is 0 Å². The molecule has 5 atom stereocenters. The van der Waals surface area contributed by atoms with E-state index in [1.807, 2.05) is 43.3 Å². The summed E-state index contributed by atoms with van der Waals surface area (Å²) in [4.78, 5) is 16.0. The van der Waals surface area contributed by atoms with Gasteiger partial charge in [-0.25, -0.2) is 0 Å². The lowest BCUT2D eigenvalue weighted by molar-refractivity contribution is -0.144. The van der Waals surface area contributed by atoms with Gasteiger partial charge in [-0.05, 0) is 91.9 Å². The standard InChI is InChI=1S/C32H33NO5/c1-18(19-5-6-21-16-23(35-3)9-7-20(21)15-19)31(34)37-27-12-10-24-25-17-22-8-11-26(36-4)29-28(22)32(24,30(27)38-29)13-14-33(25)2/h5-9,11-12,15-16,18,24-25,30H,10,13-14,17H2,1-4H3/t18?,24-,25+,30-,32-/m0/s1. The number of likely N-dealkylation sites (tertiary alicyclic amines) is 1. The normalized spacial score (nSPS) is 27.7. The molecule has 0 aromatic heterocycles. The summed E-state index contributed by atoms with van der Waals surface area (Å²) in [5, 5.41) is 2.14. The number of esters is 1. The van der Waals surface area contributed by atoms with Gasteiger partial charge in [-0.2, -0.15) is 0 Å². The Bertz CT molecular complexity index is 1490. The minimum Gasteiger partial charge on any atom is -0.497 e. The van der Waals surface area contributed by atoms with Crippen LogP contribution in [0.25, 0.3) is 10.8 Å². The fraction of sp³-hybridized carbons (Fsp3) is 0.406. The molecule has 2 aliphatic carbocycles. The van der Waals surface area contributed by atoms with Gasteiger partial charge in [0.25, 0.3) is 0 Å². The number of likely N-dealkylation sites (N-methyl/N-ethyl adjacent to an activating group) is 1. The molecule has 0 radical (unpaired) electrons. The van der Waals surface area contributed by atoms with E-state index < -0.39 is 5.92 Å². The van der Waals surface area contributed by atoms with Gasteiger partial charge < -0.3 is 23.8 Å². The van der Waals surface area contributed by atoms with E-state index in [0.717, 1.165) is 59.4 Å². The Labute approximate surface area is 223 Å². The first-order chi connectivity index (χ1) is 18.4. The van der Waals surface area contributed by atoms with Crippen molar-refractivity contribution in [3.8, 4) is 17.2 Å². The van der Waals surface area contributed by atoms with E-state index in [1.54, 1.807) is 14.2 Å². The van der Waals surface area contributed by atoms with Crippen LogP contribution in [0.1, 0.15) is 42.4 Å². The highest BCUT2D eigenvalue weighted by atomic mass is 16.6. The third-order valence-electron chi connectivity index (χ3n) is 9.57. The Kier molecular flexibility index (Phi) is 5.28. The smallest absolute Gasteiger partial charge is 0.318 e. The number of hydrogen-bond acceptors (Lipinski definition) is 6. The van der Waals surface area contributed by atoms with E-state index in [2.05, 4.69) is 30.2 Å². The van der Waals surface area contributed by atoms with E-state index in [1.165, 1.54) is 11.1 Å². The first-order valence-corrected chi connectivity index (χ1v) is 13.5. The number of allylic oxidation sites excluding steroid dienone is 1. The molecule has 3 aromatic rings. The van der Waals surface area contributed by atoms with Crippen LogP contribution in [0.5, 0.6) is 17.2 Å². The lowest BCUT2D eigenvalue weighted by atomic mass is 9.53. The van der Waals surface area contributed by atoms with Crippen molar-refractivity contribution in [2.24, 2.45) is 5.92 Å². The van der Waals surface area contributed by atoms with Crippen LogP contribution >= 0.6 is 0 Å². The number of methoxy groups -OCH3 is 2. The van der Waals surface area contributed by atoms with Gasteiger partial charge in [-0.1, -0.05) is 30.3 Å². The zero-order valence-corrected chi connectivity index (χ0v) is 22.3. The molecule has 7 rings (SSSR count). The Morgan fingerprint density at radius 1 is 1.08 bits per heavy atom. The average molecular weight is 512 g/mol. The molecule has 2 heterocycles. The number of fused-ring (bicyclic) bond motifs is 1. The summed E-state index contributed by atoms with van der Waals surface area (Å²) in [5.41, 5.74) is 3.36. The molecule has 1 fully saturated rings. The minimum absolute atomic E-state index is 0.190. The van der Waals surface area contributed by atoms with E-state index in [4.69, 9.17) is 18.9 Å². The van der Waals surface area contributed by atoms with Crippen molar-refractivity contribution in [2.75, 3.05) is 27.8 Å². The second kappa shape index (κ2) is 8.50. The van der Waals surface area contributed by atoms with E-state index in [0.29, 0.717) is 17.7 Å². The number of carbonyl (C=O) groups is 1. The second-order valence-electron chi connectivity index (χ2n) is 11.2. The Balaban J connectivity index is 1.21. The zero-order chi connectivity index (χ0) is 26.2. The van der Waals surface area contributed by atoms with Crippen LogP contribution in [0.15, 0.2) is 60.4 Å². The molecule has 196 valence electrons. The molecule has 0 saturated carbocycles. The predicted molar refractivity (Wildman–Crippen MR) is 145 cm³/mol. The summed E-state index contributed by atoms with van der Waals surface area (Å²) < 4.78 is 24.0. The highest BCUT2D eigenvalue weighted by Gasteiger charge is 2.64. The number of rotatable bonds is 5. The van der Waals surface area contributed by atoms with E-state index >= 15 is 0 Å². The van der Waals surface area contributed by atoms with Crippen molar-refractivity contribution in [3.05, 3.63) is 77.1 Å². The summed E-state index contributed by atoms with van der Waals surface area (Å²) in [7, 11) is 5.59. The molecule has 2 bridgehead atoms. The largest absolute Gasteiger partial charge is 0.497 e.